The second kappa shape index (κ2) is 5.29. The molecule has 0 bridgehead atoms. The molecule has 1 fully saturated rings. The first-order valence-corrected chi connectivity index (χ1v) is 5.81. The van der Waals surface area contributed by atoms with E-state index in [4.69, 9.17) is 0 Å². The van der Waals surface area contributed by atoms with Gasteiger partial charge in [0, 0.05) is 25.7 Å². The van der Waals surface area contributed by atoms with E-state index in [-0.39, 0.29) is 0 Å². The monoisotopic (exact) mass is 204 g/mol. The maximum Gasteiger partial charge on any atom is 0.0221 e. The molecule has 0 spiro atoms. The number of aryl methyl sites for hydroxylation is 1. The van der Waals surface area contributed by atoms with E-state index in [0.717, 1.165) is 13.1 Å². The van der Waals surface area contributed by atoms with Crippen molar-refractivity contribution < 1.29 is 0 Å². The molecule has 2 nitrogen and oxygen atoms in total. The number of nitrogens with zero attached hydrogens (tertiary/aromatic N) is 1. The maximum absolute atomic E-state index is 3.46. The van der Waals surface area contributed by atoms with E-state index in [1.165, 1.54) is 24.9 Å². The molecule has 1 aliphatic rings. The van der Waals surface area contributed by atoms with Gasteiger partial charge in [0.15, 0.2) is 0 Å². The number of hydrogen-bond donors (Lipinski definition) is 1. The molecule has 1 N–H and O–H groups in total. The minimum atomic E-state index is 0.707. The largest absolute Gasteiger partial charge is 0.314 e. The highest BCUT2D eigenvalue weighted by Crippen LogP contribution is 2.09. The molecule has 0 radical (unpaired) electrons. The lowest BCUT2D eigenvalue weighted by Crippen LogP contribution is -2.49. The van der Waals surface area contributed by atoms with Gasteiger partial charge in [-0.25, -0.2) is 0 Å². The number of likely N-dealkylation sites (N-methyl/N-ethyl adjacent to an activating group) is 1. The molecule has 0 saturated carbocycles. The van der Waals surface area contributed by atoms with Crippen molar-refractivity contribution in [3.8, 4) is 0 Å². The quantitative estimate of drug-likeness (QED) is 0.803. The summed E-state index contributed by atoms with van der Waals surface area (Å²) in [5.74, 6) is 0. The smallest absolute Gasteiger partial charge is 0.0221 e. The highest BCUT2D eigenvalue weighted by atomic mass is 15.2. The van der Waals surface area contributed by atoms with Gasteiger partial charge in [-0.2, -0.15) is 0 Å². The van der Waals surface area contributed by atoms with Gasteiger partial charge in [0.1, 0.15) is 0 Å². The lowest BCUT2D eigenvalue weighted by Gasteiger charge is -2.33. The molecule has 15 heavy (non-hydrogen) atoms. The van der Waals surface area contributed by atoms with Crippen LogP contribution in [0.3, 0.4) is 0 Å². The van der Waals surface area contributed by atoms with Crippen LogP contribution in [0.15, 0.2) is 30.3 Å². The summed E-state index contributed by atoms with van der Waals surface area (Å²) in [6.07, 6.45) is 2.45. The van der Waals surface area contributed by atoms with E-state index in [9.17, 15) is 0 Å². The Bertz CT molecular complexity index is 284. The van der Waals surface area contributed by atoms with E-state index >= 15 is 0 Å². The predicted octanol–water partition coefficient (Wildman–Crippen LogP) is 1.52. The Hall–Kier alpha value is -0.860. The average molecular weight is 204 g/mol. The summed E-state index contributed by atoms with van der Waals surface area (Å²) >= 11 is 0. The summed E-state index contributed by atoms with van der Waals surface area (Å²) in [7, 11) is 2.23. The van der Waals surface area contributed by atoms with Crippen molar-refractivity contribution in [1.29, 1.82) is 0 Å². The third-order valence-corrected chi connectivity index (χ3v) is 3.25. The van der Waals surface area contributed by atoms with E-state index in [1.807, 2.05) is 0 Å². The van der Waals surface area contributed by atoms with Crippen molar-refractivity contribution in [2.75, 3.05) is 26.7 Å². The molecule has 0 aromatic heterocycles. The standard InChI is InChI=1S/C13H20N2/c1-15-10-9-14-11-13(15)8-7-12-5-3-2-4-6-12/h2-6,13-14H,7-11H2,1H3. The lowest BCUT2D eigenvalue weighted by molar-refractivity contribution is 0.191. The van der Waals surface area contributed by atoms with Crippen LogP contribution in [0.25, 0.3) is 0 Å². The van der Waals surface area contributed by atoms with Crippen LogP contribution in [0, 0.1) is 0 Å². The number of piperazine rings is 1. The van der Waals surface area contributed by atoms with Gasteiger partial charge in [0.25, 0.3) is 0 Å². The molecular weight excluding hydrogens is 184 g/mol. The van der Waals surface area contributed by atoms with Crippen molar-refractivity contribution in [3.05, 3.63) is 35.9 Å². The lowest BCUT2D eigenvalue weighted by atomic mass is 10.0. The highest BCUT2D eigenvalue weighted by Gasteiger charge is 2.17. The van der Waals surface area contributed by atoms with Gasteiger partial charge in [-0.15, -0.1) is 0 Å². The topological polar surface area (TPSA) is 15.3 Å². The Morgan fingerprint density at radius 1 is 1.33 bits per heavy atom. The molecule has 1 atom stereocenters. The van der Waals surface area contributed by atoms with Crippen molar-refractivity contribution in [2.24, 2.45) is 0 Å². The van der Waals surface area contributed by atoms with Crippen LogP contribution in [0.4, 0.5) is 0 Å². The van der Waals surface area contributed by atoms with Crippen molar-refractivity contribution in [2.45, 2.75) is 18.9 Å². The van der Waals surface area contributed by atoms with Crippen LogP contribution in [0.2, 0.25) is 0 Å². The molecule has 1 aromatic carbocycles. The molecule has 1 heterocycles. The molecule has 1 saturated heterocycles. The first-order valence-electron chi connectivity index (χ1n) is 5.81. The molecule has 0 amide bonds. The summed E-state index contributed by atoms with van der Waals surface area (Å²) in [6.45, 7) is 3.46. The van der Waals surface area contributed by atoms with Crippen LogP contribution in [0.5, 0.6) is 0 Å². The van der Waals surface area contributed by atoms with E-state index in [1.54, 1.807) is 0 Å². The van der Waals surface area contributed by atoms with Crippen molar-refractivity contribution in [3.63, 3.8) is 0 Å². The van der Waals surface area contributed by atoms with Crippen molar-refractivity contribution >= 4 is 0 Å². The molecule has 82 valence electrons. The Labute approximate surface area is 92.3 Å². The fraction of sp³-hybridized carbons (Fsp3) is 0.538. The normalized spacial score (nSPS) is 22.9. The van der Waals surface area contributed by atoms with E-state index < -0.39 is 0 Å². The first kappa shape index (κ1) is 10.7. The fourth-order valence-electron chi connectivity index (χ4n) is 2.16. The molecule has 1 unspecified atom stereocenters. The van der Waals surface area contributed by atoms with Gasteiger partial charge in [0.2, 0.25) is 0 Å². The predicted molar refractivity (Wildman–Crippen MR) is 64.1 cm³/mol. The summed E-state index contributed by atoms with van der Waals surface area (Å²) < 4.78 is 0. The van der Waals surface area contributed by atoms with Crippen molar-refractivity contribution in [1.82, 2.24) is 10.2 Å². The van der Waals surface area contributed by atoms with E-state index in [0.29, 0.717) is 6.04 Å². The zero-order valence-electron chi connectivity index (χ0n) is 9.45. The number of benzene rings is 1. The second-order valence-electron chi connectivity index (χ2n) is 4.36. The third kappa shape index (κ3) is 3.05. The number of hydrogen-bond acceptors (Lipinski definition) is 2. The molecule has 2 heteroatoms. The maximum atomic E-state index is 3.46. The van der Waals surface area contributed by atoms with Gasteiger partial charge in [-0.3, -0.25) is 0 Å². The zero-order valence-corrected chi connectivity index (χ0v) is 9.45. The SMILES string of the molecule is CN1CCNCC1CCc1ccccc1. The molecule has 1 aliphatic heterocycles. The first-order chi connectivity index (χ1) is 7.36. The number of rotatable bonds is 3. The minimum Gasteiger partial charge on any atom is -0.314 e. The van der Waals surface area contributed by atoms with Crippen LogP contribution < -0.4 is 5.32 Å². The number of nitrogens with one attached hydrogen (secondary N) is 1. The van der Waals surface area contributed by atoms with Gasteiger partial charge in [-0.1, -0.05) is 30.3 Å². The van der Waals surface area contributed by atoms with Crippen LogP contribution in [0.1, 0.15) is 12.0 Å². The minimum absolute atomic E-state index is 0.707. The Morgan fingerprint density at radius 3 is 2.87 bits per heavy atom. The Balaban J connectivity index is 1.82. The fourth-order valence-corrected chi connectivity index (χ4v) is 2.16. The summed E-state index contributed by atoms with van der Waals surface area (Å²) in [6, 6.07) is 11.5. The zero-order chi connectivity index (χ0) is 10.5. The highest BCUT2D eigenvalue weighted by molar-refractivity contribution is 5.14. The second-order valence-corrected chi connectivity index (χ2v) is 4.36. The molecule has 0 aliphatic carbocycles. The Morgan fingerprint density at radius 2 is 2.13 bits per heavy atom. The van der Waals surface area contributed by atoms with Crippen LogP contribution in [-0.2, 0) is 6.42 Å². The van der Waals surface area contributed by atoms with Gasteiger partial charge >= 0.3 is 0 Å². The summed E-state index contributed by atoms with van der Waals surface area (Å²) in [4.78, 5) is 2.47. The molecule has 1 aromatic rings. The average Bonchev–Trinajstić information content (AvgIpc) is 2.29. The van der Waals surface area contributed by atoms with Gasteiger partial charge < -0.3 is 10.2 Å². The molecular formula is C13H20N2. The molecule has 2 rings (SSSR count). The third-order valence-electron chi connectivity index (χ3n) is 3.25. The summed E-state index contributed by atoms with van der Waals surface area (Å²) in [5.41, 5.74) is 1.46. The van der Waals surface area contributed by atoms with Crippen LogP contribution in [-0.4, -0.2) is 37.6 Å². The Kier molecular flexibility index (Phi) is 3.75. The van der Waals surface area contributed by atoms with Gasteiger partial charge in [-0.05, 0) is 25.5 Å². The van der Waals surface area contributed by atoms with Gasteiger partial charge in [0.05, 0.1) is 0 Å². The summed E-state index contributed by atoms with van der Waals surface area (Å²) in [5, 5.41) is 3.46. The van der Waals surface area contributed by atoms with E-state index in [2.05, 4.69) is 47.6 Å². The van der Waals surface area contributed by atoms with Crippen LogP contribution >= 0.6 is 0 Å².